The maximum Gasteiger partial charge on any atom is 0.344 e. The Balaban J connectivity index is 3.01. The van der Waals surface area contributed by atoms with Gasteiger partial charge in [0, 0.05) is 11.1 Å². The van der Waals surface area contributed by atoms with E-state index in [1.807, 2.05) is 0 Å². The zero-order valence-electron chi connectivity index (χ0n) is 8.81. The predicted octanol–water partition coefficient (Wildman–Crippen LogP) is -2.69. The van der Waals surface area contributed by atoms with Gasteiger partial charge in [0.2, 0.25) is 0 Å². The summed E-state index contributed by atoms with van der Waals surface area (Å²) in [5.41, 5.74) is -0.670. The molecule has 0 atom stereocenters. The summed E-state index contributed by atoms with van der Waals surface area (Å²) >= 11 is 0. The van der Waals surface area contributed by atoms with Crippen molar-refractivity contribution < 1.29 is 40.2 Å². The molecule has 0 amide bonds. The van der Waals surface area contributed by atoms with Crippen molar-refractivity contribution in [3.05, 3.63) is 35.4 Å². The van der Waals surface area contributed by atoms with E-state index in [0.717, 1.165) is 24.3 Å². The molecule has 0 saturated carbocycles. The Morgan fingerprint density at radius 3 is 1.06 bits per heavy atom. The molecule has 98 valence electrons. The fraction of sp³-hybridized carbons (Fsp3) is 0.200. The molecule has 0 aromatic heterocycles. The summed E-state index contributed by atoms with van der Waals surface area (Å²) in [5.74, 6) is -9.94. The third-order valence-electron chi connectivity index (χ3n) is 2.02. The van der Waals surface area contributed by atoms with E-state index in [1.165, 1.54) is 0 Å². The van der Waals surface area contributed by atoms with Crippen LogP contribution in [0.4, 0.5) is 0 Å². The van der Waals surface area contributed by atoms with Crippen molar-refractivity contribution >= 4 is 11.6 Å². The van der Waals surface area contributed by atoms with Crippen molar-refractivity contribution in [1.82, 2.24) is 0 Å². The Bertz CT molecular complexity index is 417. The Hall–Kier alpha value is -1.68. The van der Waals surface area contributed by atoms with Crippen molar-refractivity contribution in [1.29, 1.82) is 0 Å². The SMILES string of the molecule is O=C(c1ccc(C(=O)C(O)(O)O)cc1)C(O)(O)O. The monoisotopic (exact) mass is 258 g/mol. The number of hydrogen-bond acceptors (Lipinski definition) is 8. The van der Waals surface area contributed by atoms with Gasteiger partial charge in [0.25, 0.3) is 11.6 Å². The molecule has 0 aliphatic heterocycles. The topological polar surface area (TPSA) is 156 Å². The molecule has 0 bridgehead atoms. The summed E-state index contributed by atoms with van der Waals surface area (Å²) in [6.07, 6.45) is 0. The summed E-state index contributed by atoms with van der Waals surface area (Å²) in [6.45, 7) is 0. The molecule has 8 nitrogen and oxygen atoms in total. The molecule has 8 heteroatoms. The van der Waals surface area contributed by atoms with Crippen LogP contribution in [-0.4, -0.2) is 54.2 Å². The normalized spacial score (nSPS) is 12.3. The van der Waals surface area contributed by atoms with Crippen LogP contribution < -0.4 is 0 Å². The van der Waals surface area contributed by atoms with Gasteiger partial charge in [-0.3, -0.25) is 9.59 Å². The fourth-order valence-corrected chi connectivity index (χ4v) is 1.16. The highest BCUT2D eigenvalue weighted by Gasteiger charge is 2.33. The zero-order chi connectivity index (χ0) is 14.1. The van der Waals surface area contributed by atoms with Gasteiger partial charge in [-0.2, -0.15) is 0 Å². The first kappa shape index (κ1) is 14.4. The lowest BCUT2D eigenvalue weighted by Crippen LogP contribution is -2.38. The first-order valence-corrected chi connectivity index (χ1v) is 4.57. The molecule has 0 unspecified atom stereocenters. The molecule has 1 aromatic carbocycles. The Morgan fingerprint density at radius 1 is 0.667 bits per heavy atom. The molecular formula is C10H10O8. The van der Waals surface area contributed by atoms with E-state index in [2.05, 4.69) is 0 Å². The van der Waals surface area contributed by atoms with Crippen LogP contribution in [0.25, 0.3) is 0 Å². The largest absolute Gasteiger partial charge is 0.344 e. The van der Waals surface area contributed by atoms with Crippen LogP contribution in [0, 0.1) is 0 Å². The van der Waals surface area contributed by atoms with Crippen LogP contribution in [0.15, 0.2) is 24.3 Å². The highest BCUT2D eigenvalue weighted by Crippen LogP contribution is 2.13. The summed E-state index contributed by atoms with van der Waals surface area (Å²) < 4.78 is 0. The zero-order valence-corrected chi connectivity index (χ0v) is 8.81. The molecule has 1 aromatic rings. The van der Waals surface area contributed by atoms with Gasteiger partial charge in [-0.15, -0.1) is 0 Å². The summed E-state index contributed by atoms with van der Waals surface area (Å²) in [5, 5.41) is 51.7. The van der Waals surface area contributed by atoms with E-state index in [4.69, 9.17) is 30.6 Å². The highest BCUT2D eigenvalue weighted by atomic mass is 16.7. The Labute approximate surface area is 100.0 Å². The second kappa shape index (κ2) is 4.53. The lowest BCUT2D eigenvalue weighted by atomic mass is 10.0. The van der Waals surface area contributed by atoms with Crippen molar-refractivity contribution in [3.8, 4) is 0 Å². The Kier molecular flexibility index (Phi) is 3.62. The van der Waals surface area contributed by atoms with Crippen molar-refractivity contribution in [2.45, 2.75) is 11.9 Å². The van der Waals surface area contributed by atoms with Crippen molar-refractivity contribution in [2.75, 3.05) is 0 Å². The third kappa shape index (κ3) is 3.17. The van der Waals surface area contributed by atoms with Crippen molar-refractivity contribution in [2.24, 2.45) is 0 Å². The predicted molar refractivity (Wildman–Crippen MR) is 53.9 cm³/mol. The first-order valence-electron chi connectivity index (χ1n) is 4.57. The average Bonchev–Trinajstić information content (AvgIpc) is 2.25. The van der Waals surface area contributed by atoms with Crippen LogP contribution in [0.2, 0.25) is 0 Å². The molecule has 0 fully saturated rings. The Morgan fingerprint density at radius 2 is 0.889 bits per heavy atom. The fourth-order valence-electron chi connectivity index (χ4n) is 1.16. The van der Waals surface area contributed by atoms with Gasteiger partial charge in [0.1, 0.15) is 0 Å². The minimum absolute atomic E-state index is 0.335. The van der Waals surface area contributed by atoms with E-state index in [9.17, 15) is 9.59 Å². The number of carbonyl (C=O) groups is 2. The number of aliphatic hydroxyl groups is 6. The second-order valence-electron chi connectivity index (χ2n) is 3.51. The molecule has 0 spiro atoms. The summed E-state index contributed by atoms with van der Waals surface area (Å²) in [4.78, 5) is 22.3. The quantitative estimate of drug-likeness (QED) is 0.252. The molecule has 1 rings (SSSR count). The van der Waals surface area contributed by atoms with Crippen LogP contribution in [0.5, 0.6) is 0 Å². The maximum atomic E-state index is 11.2. The molecule has 0 aliphatic carbocycles. The van der Waals surface area contributed by atoms with Gasteiger partial charge in [-0.1, -0.05) is 24.3 Å². The standard InChI is InChI=1S/C10H10O8/c11-7(9(13,14)15)5-1-2-6(4-3-5)8(12)10(16,17)18/h1-4,13-18H. The first-order chi connectivity index (χ1) is 8.03. The third-order valence-corrected chi connectivity index (χ3v) is 2.02. The molecular weight excluding hydrogens is 248 g/mol. The lowest BCUT2D eigenvalue weighted by Gasteiger charge is -2.14. The second-order valence-corrected chi connectivity index (χ2v) is 3.51. The number of benzene rings is 1. The lowest BCUT2D eigenvalue weighted by molar-refractivity contribution is -0.268. The minimum atomic E-state index is -3.54. The smallest absolute Gasteiger partial charge is 0.337 e. The number of Topliss-reactive ketones (excluding diaryl/α,β-unsaturated/α-hetero) is 2. The maximum absolute atomic E-state index is 11.2. The van der Waals surface area contributed by atoms with Gasteiger partial charge in [-0.25, -0.2) is 0 Å². The molecule has 0 aliphatic rings. The van der Waals surface area contributed by atoms with Gasteiger partial charge in [0.05, 0.1) is 0 Å². The van der Waals surface area contributed by atoms with E-state index < -0.39 is 23.5 Å². The molecule has 0 radical (unpaired) electrons. The molecule has 6 N–H and O–H groups in total. The highest BCUT2D eigenvalue weighted by molar-refractivity contribution is 6.03. The van der Waals surface area contributed by atoms with Crippen LogP contribution in [0.3, 0.4) is 0 Å². The van der Waals surface area contributed by atoms with E-state index in [1.54, 1.807) is 0 Å². The number of rotatable bonds is 4. The number of hydrogen-bond donors (Lipinski definition) is 6. The van der Waals surface area contributed by atoms with Crippen LogP contribution in [0.1, 0.15) is 20.7 Å². The van der Waals surface area contributed by atoms with Gasteiger partial charge < -0.3 is 30.6 Å². The van der Waals surface area contributed by atoms with Crippen LogP contribution in [-0.2, 0) is 0 Å². The number of carbonyl (C=O) groups excluding carboxylic acids is 2. The molecule has 18 heavy (non-hydrogen) atoms. The molecule has 0 saturated heterocycles. The van der Waals surface area contributed by atoms with Gasteiger partial charge >= 0.3 is 11.9 Å². The van der Waals surface area contributed by atoms with E-state index in [-0.39, 0.29) is 11.1 Å². The summed E-state index contributed by atoms with van der Waals surface area (Å²) in [7, 11) is 0. The van der Waals surface area contributed by atoms with Crippen molar-refractivity contribution in [3.63, 3.8) is 0 Å². The summed E-state index contributed by atoms with van der Waals surface area (Å²) in [6, 6.07) is 3.72. The van der Waals surface area contributed by atoms with Gasteiger partial charge in [-0.05, 0) is 0 Å². The average molecular weight is 258 g/mol. The van der Waals surface area contributed by atoms with Crippen LogP contribution >= 0.6 is 0 Å². The molecule has 0 heterocycles. The number of ketones is 2. The van der Waals surface area contributed by atoms with E-state index in [0.29, 0.717) is 0 Å². The van der Waals surface area contributed by atoms with E-state index >= 15 is 0 Å². The van der Waals surface area contributed by atoms with Gasteiger partial charge in [0.15, 0.2) is 0 Å². The minimum Gasteiger partial charge on any atom is -0.337 e.